The summed E-state index contributed by atoms with van der Waals surface area (Å²) in [7, 11) is 0. The second-order valence-electron chi connectivity index (χ2n) is 4.08. The van der Waals surface area contributed by atoms with Crippen LogP contribution in [0.2, 0.25) is 0 Å². The zero-order valence-electron chi connectivity index (χ0n) is 9.91. The van der Waals surface area contributed by atoms with E-state index in [2.05, 4.69) is 35.7 Å². The van der Waals surface area contributed by atoms with Crippen LogP contribution in [0.5, 0.6) is 0 Å². The summed E-state index contributed by atoms with van der Waals surface area (Å²) < 4.78 is 0. The third-order valence-corrected chi connectivity index (χ3v) is 2.12. The molecule has 0 spiro atoms. The van der Waals surface area contributed by atoms with Gasteiger partial charge in [0.1, 0.15) is 11.6 Å². The molecule has 82 valence electrons. The molecule has 0 saturated heterocycles. The lowest BCUT2D eigenvalue weighted by atomic mass is 10.2. The molecule has 0 fully saturated rings. The molecular weight excluding hydrogens is 186 g/mol. The van der Waals surface area contributed by atoms with Crippen molar-refractivity contribution < 1.29 is 0 Å². The number of aryl methyl sites for hydroxylation is 1. The number of nitrogens with zero attached hydrogens (tertiary/aromatic N) is 2. The Bertz CT molecular complexity index is 345. The molecule has 0 aromatic carbocycles. The highest BCUT2D eigenvalue weighted by Crippen LogP contribution is 2.14. The summed E-state index contributed by atoms with van der Waals surface area (Å²) in [4.78, 5) is 8.84. The van der Waals surface area contributed by atoms with Crippen molar-refractivity contribution in [1.82, 2.24) is 9.97 Å². The highest BCUT2D eigenvalue weighted by atomic mass is 15.0. The fourth-order valence-corrected chi connectivity index (χ4v) is 1.22. The second-order valence-corrected chi connectivity index (χ2v) is 4.08. The molecule has 1 N–H and O–H groups in total. The van der Waals surface area contributed by atoms with E-state index in [4.69, 9.17) is 0 Å². The van der Waals surface area contributed by atoms with Crippen molar-refractivity contribution in [3.8, 4) is 0 Å². The van der Waals surface area contributed by atoms with E-state index in [9.17, 15) is 0 Å². The molecule has 0 saturated carbocycles. The highest BCUT2D eigenvalue weighted by molar-refractivity contribution is 5.38. The van der Waals surface area contributed by atoms with Crippen LogP contribution < -0.4 is 5.32 Å². The summed E-state index contributed by atoms with van der Waals surface area (Å²) in [6, 6.07) is 2.17. The first-order valence-electron chi connectivity index (χ1n) is 5.27. The molecule has 0 amide bonds. The third kappa shape index (κ3) is 3.35. The maximum atomic E-state index is 4.45. The lowest BCUT2D eigenvalue weighted by Gasteiger charge is -2.12. The Morgan fingerprint density at radius 2 is 2.00 bits per heavy atom. The van der Waals surface area contributed by atoms with E-state index in [0.29, 0.717) is 5.92 Å². The van der Waals surface area contributed by atoms with Crippen molar-refractivity contribution in [2.45, 2.75) is 39.7 Å². The number of rotatable bonds is 4. The number of anilines is 1. The SMILES string of the molecule is C=CC(C)Nc1cc(C)nc(C(C)C)n1. The van der Waals surface area contributed by atoms with Gasteiger partial charge in [0.05, 0.1) is 0 Å². The van der Waals surface area contributed by atoms with Crippen LogP contribution in [-0.4, -0.2) is 16.0 Å². The predicted molar refractivity (Wildman–Crippen MR) is 64.1 cm³/mol. The highest BCUT2D eigenvalue weighted by Gasteiger charge is 2.06. The van der Waals surface area contributed by atoms with Gasteiger partial charge in [0.25, 0.3) is 0 Å². The lowest BCUT2D eigenvalue weighted by molar-refractivity contribution is 0.765. The molecule has 0 aliphatic heterocycles. The minimum absolute atomic E-state index is 0.222. The van der Waals surface area contributed by atoms with Crippen LogP contribution in [0.15, 0.2) is 18.7 Å². The Balaban J connectivity index is 2.93. The van der Waals surface area contributed by atoms with Crippen LogP contribution in [0.4, 0.5) is 5.82 Å². The first-order valence-corrected chi connectivity index (χ1v) is 5.27. The van der Waals surface area contributed by atoms with Gasteiger partial charge in [-0.2, -0.15) is 0 Å². The van der Waals surface area contributed by atoms with Crippen molar-refractivity contribution in [3.05, 3.63) is 30.2 Å². The van der Waals surface area contributed by atoms with E-state index in [0.717, 1.165) is 17.3 Å². The number of hydrogen-bond acceptors (Lipinski definition) is 3. The van der Waals surface area contributed by atoms with Crippen LogP contribution in [0, 0.1) is 6.92 Å². The Labute approximate surface area is 91.7 Å². The van der Waals surface area contributed by atoms with Gasteiger partial charge >= 0.3 is 0 Å². The largest absolute Gasteiger partial charge is 0.364 e. The van der Waals surface area contributed by atoms with Crippen molar-refractivity contribution >= 4 is 5.82 Å². The average molecular weight is 205 g/mol. The van der Waals surface area contributed by atoms with Crippen molar-refractivity contribution in [2.24, 2.45) is 0 Å². The van der Waals surface area contributed by atoms with E-state index < -0.39 is 0 Å². The molecule has 1 unspecified atom stereocenters. The van der Waals surface area contributed by atoms with Gasteiger partial charge in [0, 0.05) is 23.7 Å². The van der Waals surface area contributed by atoms with Crippen LogP contribution in [0.3, 0.4) is 0 Å². The third-order valence-electron chi connectivity index (χ3n) is 2.12. The minimum Gasteiger partial charge on any atom is -0.364 e. The zero-order valence-corrected chi connectivity index (χ0v) is 9.91. The topological polar surface area (TPSA) is 37.8 Å². The van der Waals surface area contributed by atoms with Gasteiger partial charge in [-0.1, -0.05) is 19.9 Å². The minimum atomic E-state index is 0.222. The summed E-state index contributed by atoms with van der Waals surface area (Å²) >= 11 is 0. The van der Waals surface area contributed by atoms with Gasteiger partial charge in [-0.15, -0.1) is 6.58 Å². The van der Waals surface area contributed by atoms with Crippen LogP contribution in [-0.2, 0) is 0 Å². The molecule has 1 rings (SSSR count). The fraction of sp³-hybridized carbons (Fsp3) is 0.500. The molecule has 1 heterocycles. The molecule has 0 aliphatic carbocycles. The number of hydrogen-bond donors (Lipinski definition) is 1. The Morgan fingerprint density at radius 1 is 1.33 bits per heavy atom. The quantitative estimate of drug-likeness (QED) is 0.768. The molecule has 1 aromatic rings. The number of nitrogens with one attached hydrogen (secondary N) is 1. The summed E-state index contributed by atoms with van der Waals surface area (Å²) in [5.74, 6) is 2.11. The van der Waals surface area contributed by atoms with Crippen molar-refractivity contribution in [3.63, 3.8) is 0 Å². The summed E-state index contributed by atoms with van der Waals surface area (Å²) in [5.41, 5.74) is 0.993. The molecule has 1 atom stereocenters. The van der Waals surface area contributed by atoms with Gasteiger partial charge < -0.3 is 5.32 Å². The Hall–Kier alpha value is -1.38. The van der Waals surface area contributed by atoms with Crippen molar-refractivity contribution in [2.75, 3.05) is 5.32 Å². The maximum absolute atomic E-state index is 4.45. The van der Waals surface area contributed by atoms with E-state index in [1.54, 1.807) is 0 Å². The Morgan fingerprint density at radius 3 is 2.53 bits per heavy atom. The molecule has 1 aromatic heterocycles. The van der Waals surface area contributed by atoms with Gasteiger partial charge in [0.2, 0.25) is 0 Å². The predicted octanol–water partition coefficient (Wildman–Crippen LogP) is 2.89. The zero-order chi connectivity index (χ0) is 11.4. The van der Waals surface area contributed by atoms with Crippen LogP contribution >= 0.6 is 0 Å². The normalized spacial score (nSPS) is 12.6. The first kappa shape index (κ1) is 11.7. The standard InChI is InChI=1S/C12H19N3/c1-6-9(4)13-11-7-10(5)14-12(15-11)8(2)3/h6-9H,1H2,2-5H3,(H,13,14,15). The first-order chi connectivity index (χ1) is 7.02. The molecule has 0 aliphatic rings. The van der Waals surface area contributed by atoms with Gasteiger partial charge in [-0.05, 0) is 13.8 Å². The molecular formula is C12H19N3. The molecule has 0 bridgehead atoms. The van der Waals surface area contributed by atoms with Gasteiger partial charge in [0.15, 0.2) is 0 Å². The molecule has 0 radical (unpaired) electrons. The van der Waals surface area contributed by atoms with E-state index in [1.165, 1.54) is 0 Å². The van der Waals surface area contributed by atoms with Gasteiger partial charge in [-0.25, -0.2) is 9.97 Å². The lowest BCUT2D eigenvalue weighted by Crippen LogP contribution is -2.14. The summed E-state index contributed by atoms with van der Waals surface area (Å²) in [6.45, 7) is 11.9. The van der Waals surface area contributed by atoms with Crippen LogP contribution in [0.1, 0.15) is 38.2 Å². The number of aromatic nitrogens is 2. The summed E-state index contributed by atoms with van der Waals surface area (Å²) in [5, 5.41) is 3.26. The van der Waals surface area contributed by atoms with E-state index in [-0.39, 0.29) is 6.04 Å². The monoisotopic (exact) mass is 205 g/mol. The summed E-state index contributed by atoms with van der Waals surface area (Å²) in [6.07, 6.45) is 1.85. The Kier molecular flexibility index (Phi) is 3.83. The fourth-order valence-electron chi connectivity index (χ4n) is 1.22. The van der Waals surface area contributed by atoms with Gasteiger partial charge in [-0.3, -0.25) is 0 Å². The molecule has 3 nitrogen and oxygen atoms in total. The molecule has 15 heavy (non-hydrogen) atoms. The van der Waals surface area contributed by atoms with E-state index in [1.807, 2.05) is 26.0 Å². The molecule has 3 heteroatoms. The van der Waals surface area contributed by atoms with Crippen molar-refractivity contribution in [1.29, 1.82) is 0 Å². The van der Waals surface area contributed by atoms with Crippen LogP contribution in [0.25, 0.3) is 0 Å². The average Bonchev–Trinajstić information content (AvgIpc) is 2.16. The second kappa shape index (κ2) is 4.91. The smallest absolute Gasteiger partial charge is 0.133 e. The van der Waals surface area contributed by atoms with E-state index >= 15 is 0 Å². The maximum Gasteiger partial charge on any atom is 0.133 e.